The molecule has 6 nitrogen and oxygen atoms in total. The minimum absolute atomic E-state index is 0.0705. The summed E-state index contributed by atoms with van der Waals surface area (Å²) in [4.78, 5) is 38.3. The average molecular weight is 582 g/mol. The van der Waals surface area contributed by atoms with Gasteiger partial charge in [0.25, 0.3) is 0 Å². The molecule has 2 aromatic carbocycles. The van der Waals surface area contributed by atoms with Crippen molar-refractivity contribution in [2.45, 2.75) is 56.2 Å². The summed E-state index contributed by atoms with van der Waals surface area (Å²) in [5.74, 6) is -4.15. The van der Waals surface area contributed by atoms with Gasteiger partial charge in [0.1, 0.15) is 11.4 Å². The Hall–Kier alpha value is -3.24. The molecule has 2 aromatic rings. The highest BCUT2D eigenvalue weighted by Crippen LogP contribution is 2.56. The largest absolute Gasteiger partial charge is 0.471 e. The van der Waals surface area contributed by atoms with Gasteiger partial charge in [0.15, 0.2) is 6.29 Å². The molecule has 1 spiro atoms. The quantitative estimate of drug-likeness (QED) is 0.245. The van der Waals surface area contributed by atoms with Crippen LogP contribution in [0.3, 0.4) is 0 Å². The Bertz CT molecular complexity index is 1360. The molecular formula is C29H28ClF4NO5. The molecule has 2 aliphatic carbocycles. The van der Waals surface area contributed by atoms with Crippen molar-refractivity contribution in [3.05, 3.63) is 69.5 Å². The number of allylic oxidation sites excluding steroid dienone is 1. The van der Waals surface area contributed by atoms with Crippen molar-refractivity contribution in [2.24, 2.45) is 5.92 Å². The highest BCUT2D eigenvalue weighted by Gasteiger charge is 2.59. The molecule has 0 aromatic heterocycles. The van der Waals surface area contributed by atoms with Gasteiger partial charge in [0.05, 0.1) is 12.7 Å². The predicted octanol–water partition coefficient (Wildman–Crippen LogP) is 6.03. The summed E-state index contributed by atoms with van der Waals surface area (Å²) in [7, 11) is 1.04. The monoisotopic (exact) mass is 581 g/mol. The van der Waals surface area contributed by atoms with Crippen LogP contribution in [0, 0.1) is 11.7 Å². The number of benzene rings is 2. The Morgan fingerprint density at radius 1 is 1.18 bits per heavy atom. The van der Waals surface area contributed by atoms with Crippen LogP contribution in [0.15, 0.2) is 42.0 Å². The highest BCUT2D eigenvalue weighted by atomic mass is 35.5. The number of amides is 1. The van der Waals surface area contributed by atoms with E-state index in [0.29, 0.717) is 28.7 Å². The van der Waals surface area contributed by atoms with Gasteiger partial charge in [0.2, 0.25) is 0 Å². The molecule has 2 aliphatic rings. The molecule has 0 saturated heterocycles. The maximum absolute atomic E-state index is 14.5. The molecule has 0 radical (unpaired) electrons. The van der Waals surface area contributed by atoms with Crippen LogP contribution in [-0.2, 0) is 19.7 Å². The first-order valence-electron chi connectivity index (χ1n) is 12.7. The summed E-state index contributed by atoms with van der Waals surface area (Å²) in [5, 5.41) is 9.79. The number of aliphatic hydroxyl groups excluding tert-OH is 1. The van der Waals surface area contributed by atoms with E-state index in [1.807, 2.05) is 6.92 Å². The van der Waals surface area contributed by atoms with Crippen LogP contribution in [0.25, 0.3) is 6.08 Å². The lowest BCUT2D eigenvalue weighted by atomic mass is 9.60. The minimum Gasteiger partial charge on any atom is -0.467 e. The zero-order valence-corrected chi connectivity index (χ0v) is 22.6. The average Bonchev–Trinajstić information content (AvgIpc) is 3.19. The number of aliphatic hydroxyl groups is 1. The van der Waals surface area contributed by atoms with Crippen LogP contribution in [0.2, 0.25) is 5.02 Å². The first kappa shape index (κ1) is 29.7. The topological polar surface area (TPSA) is 83.9 Å². The number of nitrogens with zero attached hydrogens (tertiary/aromatic N) is 1. The van der Waals surface area contributed by atoms with Gasteiger partial charge in [0, 0.05) is 22.7 Å². The second-order valence-corrected chi connectivity index (χ2v) is 10.9. The number of fused-ring (bicyclic) bond motifs is 2. The van der Waals surface area contributed by atoms with Crippen molar-refractivity contribution in [2.75, 3.05) is 18.6 Å². The van der Waals surface area contributed by atoms with E-state index in [-0.39, 0.29) is 54.5 Å². The maximum atomic E-state index is 14.5. The Labute approximate surface area is 233 Å². The second kappa shape index (κ2) is 11.0. The van der Waals surface area contributed by atoms with Gasteiger partial charge in [-0.3, -0.25) is 14.5 Å². The van der Waals surface area contributed by atoms with Crippen LogP contribution >= 0.6 is 11.6 Å². The molecule has 11 heteroatoms. The van der Waals surface area contributed by atoms with E-state index in [0.717, 1.165) is 12.7 Å². The van der Waals surface area contributed by atoms with Crippen LogP contribution in [-0.4, -0.2) is 48.7 Å². The molecule has 40 heavy (non-hydrogen) atoms. The number of halogens is 5. The number of anilines is 1. The zero-order valence-electron chi connectivity index (χ0n) is 21.9. The van der Waals surface area contributed by atoms with Crippen molar-refractivity contribution < 1.29 is 41.8 Å². The van der Waals surface area contributed by atoms with Gasteiger partial charge in [-0.1, -0.05) is 36.2 Å². The highest BCUT2D eigenvalue weighted by molar-refractivity contribution is 6.31. The summed E-state index contributed by atoms with van der Waals surface area (Å²) in [6.07, 6.45) is -3.03. The van der Waals surface area contributed by atoms with Crippen LogP contribution in [0.4, 0.5) is 23.2 Å². The fourth-order valence-electron chi connectivity index (χ4n) is 6.11. The Kier molecular flexibility index (Phi) is 8.15. The molecule has 1 saturated carbocycles. The van der Waals surface area contributed by atoms with E-state index < -0.39 is 34.8 Å². The number of alkyl halides is 3. The third kappa shape index (κ3) is 5.03. The maximum Gasteiger partial charge on any atom is 0.471 e. The minimum atomic E-state index is -5.31. The van der Waals surface area contributed by atoms with E-state index in [2.05, 4.69) is 0 Å². The van der Waals surface area contributed by atoms with E-state index in [1.165, 1.54) is 36.4 Å². The summed E-state index contributed by atoms with van der Waals surface area (Å²) < 4.78 is 61.4. The predicted molar refractivity (Wildman–Crippen MR) is 141 cm³/mol. The van der Waals surface area contributed by atoms with E-state index in [9.17, 15) is 37.1 Å². The lowest BCUT2D eigenvalue weighted by molar-refractivity contribution is -0.174. The van der Waals surface area contributed by atoms with Crippen LogP contribution in [0.5, 0.6) is 0 Å². The third-order valence-electron chi connectivity index (χ3n) is 8.07. The summed E-state index contributed by atoms with van der Waals surface area (Å²) in [6.45, 7) is 1.69. The summed E-state index contributed by atoms with van der Waals surface area (Å²) in [5.41, 5.74) is -1.32. The standard InChI is InChI=1S/C29H28ClF4NO5/c1-17(15-36)10-20-11-18-13-24(31)19(16-37)12-23(18)27(20)6-8-28(9-7-27,26(39)40-2)35(25(38)29(32,33)34)22-5-3-4-21(30)14-22/h3-5,11-14,16-17,36H,6-10,15H2,1-2H3/t17-,27?,28?/m1/s1. The number of hydrogen-bond acceptors (Lipinski definition) is 5. The molecule has 1 fully saturated rings. The van der Waals surface area contributed by atoms with Gasteiger partial charge < -0.3 is 9.84 Å². The SMILES string of the molecule is COC(=O)C1(N(C(=O)C(F)(F)F)c2cccc(Cl)c2)CCC2(CC1)C(C[C@@H](C)CO)=Cc1cc(F)c(C=O)cc12. The van der Waals surface area contributed by atoms with E-state index in [4.69, 9.17) is 16.3 Å². The first-order valence-corrected chi connectivity index (χ1v) is 13.1. The van der Waals surface area contributed by atoms with Crippen molar-refractivity contribution in [3.8, 4) is 0 Å². The Balaban J connectivity index is 1.86. The molecule has 0 bridgehead atoms. The zero-order chi connectivity index (χ0) is 29.5. The third-order valence-corrected chi connectivity index (χ3v) is 8.31. The molecule has 1 amide bonds. The molecule has 0 unspecified atom stereocenters. The number of rotatable bonds is 7. The lowest BCUT2D eigenvalue weighted by Gasteiger charge is -2.50. The van der Waals surface area contributed by atoms with Crippen molar-refractivity contribution in [1.29, 1.82) is 0 Å². The number of ether oxygens (including phenoxy) is 1. The normalized spacial score (nSPS) is 22.9. The Morgan fingerprint density at radius 2 is 1.85 bits per heavy atom. The Morgan fingerprint density at radius 3 is 2.40 bits per heavy atom. The van der Waals surface area contributed by atoms with Crippen LogP contribution in [0.1, 0.15) is 60.5 Å². The number of hydrogen-bond donors (Lipinski definition) is 1. The molecule has 1 N–H and O–H groups in total. The molecular weight excluding hydrogens is 554 g/mol. The molecule has 0 aliphatic heterocycles. The molecule has 214 valence electrons. The number of esters is 1. The van der Waals surface area contributed by atoms with Gasteiger partial charge in [-0.2, -0.15) is 13.2 Å². The molecule has 0 heterocycles. The number of carbonyl (C=O) groups is 3. The fraction of sp³-hybridized carbons (Fsp3) is 0.414. The first-order chi connectivity index (χ1) is 18.8. The number of carbonyl (C=O) groups excluding carboxylic acids is 3. The van der Waals surface area contributed by atoms with Gasteiger partial charge in [-0.15, -0.1) is 0 Å². The van der Waals surface area contributed by atoms with Gasteiger partial charge in [-0.25, -0.2) is 9.18 Å². The van der Waals surface area contributed by atoms with Gasteiger partial charge in [-0.05, 0) is 79.5 Å². The fourth-order valence-corrected chi connectivity index (χ4v) is 6.30. The molecule has 1 atom stereocenters. The summed E-state index contributed by atoms with van der Waals surface area (Å²) in [6, 6.07) is 7.93. The van der Waals surface area contributed by atoms with Crippen molar-refractivity contribution >= 4 is 41.5 Å². The van der Waals surface area contributed by atoms with Crippen molar-refractivity contribution in [1.82, 2.24) is 0 Å². The smallest absolute Gasteiger partial charge is 0.467 e. The van der Waals surface area contributed by atoms with Gasteiger partial charge >= 0.3 is 18.1 Å². The van der Waals surface area contributed by atoms with E-state index >= 15 is 0 Å². The molecule has 4 rings (SSSR count). The second-order valence-electron chi connectivity index (χ2n) is 10.5. The number of aldehydes is 1. The van der Waals surface area contributed by atoms with Crippen LogP contribution < -0.4 is 4.90 Å². The van der Waals surface area contributed by atoms with E-state index in [1.54, 1.807) is 6.08 Å². The number of methoxy groups -OCH3 is 1. The van der Waals surface area contributed by atoms with Crippen molar-refractivity contribution in [3.63, 3.8) is 0 Å². The lowest BCUT2D eigenvalue weighted by Crippen LogP contribution is -2.63. The summed E-state index contributed by atoms with van der Waals surface area (Å²) >= 11 is 6.06.